The lowest BCUT2D eigenvalue weighted by atomic mass is 9.98. The summed E-state index contributed by atoms with van der Waals surface area (Å²) in [5, 5.41) is 6.23. The Labute approximate surface area is 165 Å². The molecule has 11 heteroatoms. The Morgan fingerprint density at radius 2 is 1.90 bits per heavy atom. The summed E-state index contributed by atoms with van der Waals surface area (Å²) in [5.74, 6) is -0.886. The van der Waals surface area contributed by atoms with Gasteiger partial charge in [-0.05, 0) is 51.0 Å². The van der Waals surface area contributed by atoms with E-state index in [0.29, 0.717) is 12.8 Å². The number of alkyl halides is 3. The second-order valence-corrected chi connectivity index (χ2v) is 8.79. The molecule has 1 aromatic carbocycles. The Kier molecular flexibility index (Phi) is 5.72. The van der Waals surface area contributed by atoms with E-state index in [2.05, 4.69) is 10.5 Å². The molecule has 29 heavy (non-hydrogen) atoms. The Bertz CT molecular complexity index is 981. The molecule has 1 N–H and O–H groups in total. The van der Waals surface area contributed by atoms with Gasteiger partial charge in [0.15, 0.2) is 5.76 Å². The van der Waals surface area contributed by atoms with Crippen molar-refractivity contribution in [3.05, 3.63) is 41.3 Å². The number of sulfonamides is 1. The molecule has 0 radical (unpaired) electrons. The predicted octanol–water partition coefficient (Wildman–Crippen LogP) is 3.35. The minimum atomic E-state index is -4.46. The third-order valence-electron chi connectivity index (χ3n) is 4.80. The molecule has 7 nitrogen and oxygen atoms in total. The highest BCUT2D eigenvalue weighted by atomic mass is 32.2. The molecule has 0 aliphatic carbocycles. The quantitative estimate of drug-likeness (QED) is 0.802. The summed E-state index contributed by atoms with van der Waals surface area (Å²) in [6.45, 7) is 3.27. The molecule has 1 atom stereocenters. The molecule has 0 saturated carbocycles. The van der Waals surface area contributed by atoms with Gasteiger partial charge in [-0.2, -0.15) is 17.5 Å². The molecule has 1 saturated heterocycles. The summed E-state index contributed by atoms with van der Waals surface area (Å²) in [6, 6.07) is 4.10. The van der Waals surface area contributed by atoms with Crippen LogP contribution in [0.1, 0.15) is 29.9 Å². The number of anilines is 1. The Morgan fingerprint density at radius 1 is 1.24 bits per heavy atom. The molecular weight excluding hydrogens is 411 g/mol. The van der Waals surface area contributed by atoms with Gasteiger partial charge in [-0.25, -0.2) is 8.42 Å². The molecule has 158 valence electrons. The number of piperidine rings is 1. The Hall–Kier alpha value is -2.40. The summed E-state index contributed by atoms with van der Waals surface area (Å²) in [5.41, 5.74) is -0.350. The van der Waals surface area contributed by atoms with E-state index in [1.54, 1.807) is 0 Å². The van der Waals surface area contributed by atoms with Gasteiger partial charge in [-0.15, -0.1) is 0 Å². The maximum Gasteiger partial charge on any atom is 0.416 e. The van der Waals surface area contributed by atoms with Crippen LogP contribution >= 0.6 is 0 Å². The fourth-order valence-corrected chi connectivity index (χ4v) is 5.15. The average Bonchev–Trinajstić information content (AvgIpc) is 3.00. The van der Waals surface area contributed by atoms with Crippen molar-refractivity contribution in [1.29, 1.82) is 0 Å². The first-order valence-corrected chi connectivity index (χ1v) is 10.4. The molecule has 3 rings (SSSR count). The average molecular weight is 431 g/mol. The maximum atomic E-state index is 12.9. The van der Waals surface area contributed by atoms with Crippen LogP contribution in [0.15, 0.2) is 33.7 Å². The number of hydrogen-bond donors (Lipinski definition) is 1. The standard InChI is InChI=1S/C18H20F3N3O4S/c1-11-16(12(2)28-23-11)29(26,27)24-9-3-4-13(10-24)17(25)22-15-7-5-14(6-8-15)18(19,20)21/h5-8,13H,3-4,9-10H2,1-2H3,(H,22,25)/t13-/m1/s1. The molecule has 1 aliphatic heterocycles. The number of benzene rings is 1. The van der Waals surface area contributed by atoms with Crippen LogP contribution in [0.3, 0.4) is 0 Å². The Morgan fingerprint density at radius 3 is 2.45 bits per heavy atom. The van der Waals surface area contributed by atoms with Crippen LogP contribution in [0.5, 0.6) is 0 Å². The van der Waals surface area contributed by atoms with Gasteiger partial charge < -0.3 is 9.84 Å². The first kappa shape index (κ1) is 21.3. The van der Waals surface area contributed by atoms with E-state index in [1.807, 2.05) is 0 Å². The van der Waals surface area contributed by atoms with Crippen LogP contribution in [0, 0.1) is 19.8 Å². The number of amides is 1. The van der Waals surface area contributed by atoms with Crippen LogP contribution < -0.4 is 5.32 Å². The van der Waals surface area contributed by atoms with Crippen molar-refractivity contribution in [1.82, 2.24) is 9.46 Å². The van der Waals surface area contributed by atoms with Crippen LogP contribution in [-0.4, -0.2) is 36.9 Å². The van der Waals surface area contributed by atoms with E-state index in [0.717, 1.165) is 12.1 Å². The highest BCUT2D eigenvalue weighted by molar-refractivity contribution is 7.89. The number of hydrogen-bond acceptors (Lipinski definition) is 5. The summed E-state index contributed by atoms with van der Waals surface area (Å²) in [4.78, 5) is 12.6. The van der Waals surface area contributed by atoms with Gasteiger partial charge in [-0.1, -0.05) is 5.16 Å². The lowest BCUT2D eigenvalue weighted by Crippen LogP contribution is -2.43. The van der Waals surface area contributed by atoms with Crippen molar-refractivity contribution >= 4 is 21.6 Å². The van der Waals surface area contributed by atoms with Crippen molar-refractivity contribution < 1.29 is 30.9 Å². The molecule has 1 aromatic heterocycles. The zero-order valence-electron chi connectivity index (χ0n) is 15.8. The van der Waals surface area contributed by atoms with E-state index < -0.39 is 33.6 Å². The molecule has 1 fully saturated rings. The molecule has 1 aliphatic rings. The molecule has 2 heterocycles. The summed E-state index contributed by atoms with van der Waals surface area (Å²) >= 11 is 0. The maximum absolute atomic E-state index is 12.9. The van der Waals surface area contributed by atoms with Crippen LogP contribution in [-0.2, 0) is 21.0 Å². The van der Waals surface area contributed by atoms with Crippen molar-refractivity contribution in [2.75, 3.05) is 18.4 Å². The van der Waals surface area contributed by atoms with Crippen molar-refractivity contribution in [2.24, 2.45) is 5.92 Å². The summed E-state index contributed by atoms with van der Waals surface area (Å²) < 4.78 is 70.0. The van der Waals surface area contributed by atoms with E-state index in [1.165, 1.54) is 30.3 Å². The van der Waals surface area contributed by atoms with Gasteiger partial charge in [0.2, 0.25) is 15.9 Å². The van der Waals surface area contributed by atoms with E-state index >= 15 is 0 Å². The molecular formula is C18H20F3N3O4S. The fraction of sp³-hybridized carbons (Fsp3) is 0.444. The second-order valence-electron chi connectivity index (χ2n) is 6.92. The molecule has 2 aromatic rings. The third-order valence-corrected chi connectivity index (χ3v) is 6.91. The second kappa shape index (κ2) is 7.79. The monoisotopic (exact) mass is 431 g/mol. The Balaban J connectivity index is 1.71. The minimum absolute atomic E-state index is 0.00120. The number of halogens is 3. The molecule has 0 spiro atoms. The molecule has 1 amide bonds. The van der Waals surface area contributed by atoms with E-state index in [-0.39, 0.29) is 35.1 Å². The van der Waals surface area contributed by atoms with Gasteiger partial charge in [0.25, 0.3) is 0 Å². The van der Waals surface area contributed by atoms with Crippen molar-refractivity contribution in [2.45, 2.75) is 37.8 Å². The summed E-state index contributed by atoms with van der Waals surface area (Å²) in [7, 11) is -3.87. The van der Waals surface area contributed by atoms with Gasteiger partial charge in [-0.3, -0.25) is 4.79 Å². The first-order chi connectivity index (χ1) is 13.5. The number of aryl methyl sites for hydroxylation is 2. The van der Waals surface area contributed by atoms with Crippen LogP contribution in [0.2, 0.25) is 0 Å². The highest BCUT2D eigenvalue weighted by Crippen LogP contribution is 2.31. The number of carbonyl (C=O) groups is 1. The van der Waals surface area contributed by atoms with Gasteiger partial charge in [0.1, 0.15) is 10.6 Å². The van der Waals surface area contributed by atoms with Crippen molar-refractivity contribution in [3.63, 3.8) is 0 Å². The zero-order valence-corrected chi connectivity index (χ0v) is 16.6. The number of nitrogens with one attached hydrogen (secondary N) is 1. The lowest BCUT2D eigenvalue weighted by molar-refractivity contribution is -0.137. The highest BCUT2D eigenvalue weighted by Gasteiger charge is 2.36. The molecule has 0 unspecified atom stereocenters. The third kappa shape index (κ3) is 4.45. The van der Waals surface area contributed by atoms with Gasteiger partial charge in [0, 0.05) is 18.8 Å². The lowest BCUT2D eigenvalue weighted by Gasteiger charge is -2.31. The number of nitrogens with zero attached hydrogens (tertiary/aromatic N) is 2. The zero-order chi connectivity index (χ0) is 21.4. The summed E-state index contributed by atoms with van der Waals surface area (Å²) in [6.07, 6.45) is -3.51. The van der Waals surface area contributed by atoms with E-state index in [9.17, 15) is 26.4 Å². The first-order valence-electron chi connectivity index (χ1n) is 8.91. The van der Waals surface area contributed by atoms with Gasteiger partial charge >= 0.3 is 6.18 Å². The van der Waals surface area contributed by atoms with E-state index in [4.69, 9.17) is 4.52 Å². The topological polar surface area (TPSA) is 92.5 Å². The van der Waals surface area contributed by atoms with Crippen molar-refractivity contribution in [3.8, 4) is 0 Å². The van der Waals surface area contributed by atoms with Crippen LogP contribution in [0.4, 0.5) is 18.9 Å². The fourth-order valence-electron chi connectivity index (χ4n) is 3.33. The number of carbonyl (C=O) groups excluding carboxylic acids is 1. The normalized spacial score (nSPS) is 18.6. The van der Waals surface area contributed by atoms with Crippen LogP contribution in [0.25, 0.3) is 0 Å². The SMILES string of the molecule is Cc1noc(C)c1S(=O)(=O)N1CCC[C@@H](C(=O)Nc2ccc(C(F)(F)F)cc2)C1. The largest absolute Gasteiger partial charge is 0.416 e. The smallest absolute Gasteiger partial charge is 0.360 e. The predicted molar refractivity (Wildman–Crippen MR) is 97.5 cm³/mol. The number of rotatable bonds is 4. The number of aromatic nitrogens is 1. The van der Waals surface area contributed by atoms with Gasteiger partial charge in [0.05, 0.1) is 11.5 Å². The minimum Gasteiger partial charge on any atom is -0.360 e. The molecule has 0 bridgehead atoms.